The van der Waals surface area contributed by atoms with Gasteiger partial charge in [0, 0.05) is 25.6 Å². The van der Waals surface area contributed by atoms with E-state index in [9.17, 15) is 4.79 Å². The second-order valence-electron chi connectivity index (χ2n) is 9.48. The summed E-state index contributed by atoms with van der Waals surface area (Å²) in [5, 5.41) is 6.63. The van der Waals surface area contributed by atoms with Crippen LogP contribution in [0.3, 0.4) is 0 Å². The van der Waals surface area contributed by atoms with E-state index in [2.05, 4.69) is 34.9 Å². The second-order valence-corrected chi connectivity index (χ2v) is 9.48. The Morgan fingerprint density at radius 3 is 2.42 bits per heavy atom. The zero-order chi connectivity index (χ0) is 17.8. The smallest absolute Gasteiger partial charge is 0.226 e. The van der Waals surface area contributed by atoms with Crippen molar-refractivity contribution in [1.82, 2.24) is 10.6 Å². The fraction of sp³-hybridized carbons (Fsp3) is 0.682. The van der Waals surface area contributed by atoms with Gasteiger partial charge in [-0.15, -0.1) is 0 Å². The Morgan fingerprint density at radius 1 is 1.15 bits per heavy atom. The average molecular weight is 354 g/mol. The van der Waals surface area contributed by atoms with Gasteiger partial charge >= 0.3 is 0 Å². The maximum absolute atomic E-state index is 13.3. The lowest BCUT2D eigenvalue weighted by Gasteiger charge is -2.61. The Hall–Kier alpha value is -1.55. The van der Waals surface area contributed by atoms with Gasteiger partial charge in [0.15, 0.2) is 0 Å². The molecule has 0 aromatic heterocycles. The molecular formula is C22H30N2O2. The highest BCUT2D eigenvalue weighted by molar-refractivity contribution is 5.83. The van der Waals surface area contributed by atoms with E-state index in [1.807, 2.05) is 0 Å². The molecule has 5 aliphatic rings. The Balaban J connectivity index is 1.40. The van der Waals surface area contributed by atoms with Crippen LogP contribution >= 0.6 is 0 Å². The van der Waals surface area contributed by atoms with Crippen LogP contribution in [0.15, 0.2) is 24.3 Å². The molecule has 26 heavy (non-hydrogen) atoms. The van der Waals surface area contributed by atoms with Gasteiger partial charge < -0.3 is 15.4 Å². The van der Waals surface area contributed by atoms with Crippen molar-refractivity contribution in [2.24, 2.45) is 23.2 Å². The zero-order valence-corrected chi connectivity index (χ0v) is 15.7. The molecule has 140 valence electrons. The number of carbonyl (C=O) groups excluding carboxylic acids is 1. The molecule has 1 saturated heterocycles. The maximum Gasteiger partial charge on any atom is 0.226 e. The Bertz CT molecular complexity index is 681. The van der Waals surface area contributed by atoms with Gasteiger partial charge in [0.05, 0.1) is 12.5 Å². The van der Waals surface area contributed by atoms with E-state index in [-0.39, 0.29) is 10.8 Å². The fourth-order valence-corrected chi connectivity index (χ4v) is 6.73. The molecule has 1 aliphatic heterocycles. The summed E-state index contributed by atoms with van der Waals surface area (Å²) in [6.07, 6.45) is 7.11. The molecule has 2 N–H and O–H groups in total. The SMILES string of the molecule is COc1ccc(C23CC4CC(CC(C(=O)NCC5CNC5)(C4)C2)C3)cc1. The third kappa shape index (κ3) is 2.57. The van der Waals surface area contributed by atoms with E-state index in [0.717, 1.165) is 56.5 Å². The Morgan fingerprint density at radius 2 is 1.85 bits per heavy atom. The van der Waals surface area contributed by atoms with E-state index < -0.39 is 0 Å². The maximum atomic E-state index is 13.3. The Kier molecular flexibility index (Phi) is 3.82. The first-order valence-corrected chi connectivity index (χ1v) is 10.2. The molecule has 2 unspecified atom stereocenters. The molecular weight excluding hydrogens is 324 g/mol. The highest BCUT2D eigenvalue weighted by Crippen LogP contribution is 2.65. The quantitative estimate of drug-likeness (QED) is 0.855. The average Bonchev–Trinajstić information content (AvgIpc) is 2.59. The number of carbonyl (C=O) groups is 1. The molecule has 4 heteroatoms. The molecule has 4 bridgehead atoms. The third-order valence-electron chi connectivity index (χ3n) is 7.66. The van der Waals surface area contributed by atoms with Gasteiger partial charge in [0.2, 0.25) is 5.91 Å². The number of hydrogen-bond acceptors (Lipinski definition) is 3. The minimum atomic E-state index is -0.124. The van der Waals surface area contributed by atoms with Gasteiger partial charge in [-0.25, -0.2) is 0 Å². The van der Waals surface area contributed by atoms with Crippen LogP contribution in [-0.2, 0) is 10.2 Å². The van der Waals surface area contributed by atoms with Gasteiger partial charge in [-0.05, 0) is 73.5 Å². The van der Waals surface area contributed by atoms with E-state index in [1.54, 1.807) is 7.11 Å². The standard InChI is InChI=1S/C22H30N2O2/c1-26-19-4-2-18(3-5-19)21-7-15-6-16(8-21)10-22(9-15,14-21)20(25)24-13-17-11-23-12-17/h2-5,15-17,23H,6-14H2,1H3,(H,24,25). The van der Waals surface area contributed by atoms with Gasteiger partial charge in [-0.2, -0.15) is 0 Å². The molecule has 4 nitrogen and oxygen atoms in total. The lowest BCUT2D eigenvalue weighted by atomic mass is 9.42. The molecule has 2 atom stereocenters. The first-order chi connectivity index (χ1) is 12.6. The molecule has 5 fully saturated rings. The van der Waals surface area contributed by atoms with Crippen molar-refractivity contribution in [3.63, 3.8) is 0 Å². The molecule has 0 spiro atoms. The van der Waals surface area contributed by atoms with E-state index in [1.165, 1.54) is 24.8 Å². The minimum Gasteiger partial charge on any atom is -0.497 e. The lowest BCUT2D eigenvalue weighted by Crippen LogP contribution is -2.60. The van der Waals surface area contributed by atoms with E-state index >= 15 is 0 Å². The molecule has 6 rings (SSSR count). The highest BCUT2D eigenvalue weighted by atomic mass is 16.5. The zero-order valence-electron chi connectivity index (χ0n) is 15.7. The summed E-state index contributed by atoms with van der Waals surface area (Å²) in [4.78, 5) is 13.3. The van der Waals surface area contributed by atoms with Crippen LogP contribution in [-0.4, -0.2) is 32.7 Å². The summed E-state index contributed by atoms with van der Waals surface area (Å²) in [7, 11) is 1.72. The predicted octanol–water partition coefficient (Wildman–Crippen LogP) is 2.87. The van der Waals surface area contributed by atoms with Crippen LogP contribution in [0.2, 0.25) is 0 Å². The van der Waals surface area contributed by atoms with Gasteiger partial charge in [0.25, 0.3) is 0 Å². The molecule has 1 heterocycles. The van der Waals surface area contributed by atoms with Crippen LogP contribution in [0.4, 0.5) is 0 Å². The summed E-state index contributed by atoms with van der Waals surface area (Å²) >= 11 is 0. The number of hydrogen-bond donors (Lipinski definition) is 2. The summed E-state index contributed by atoms with van der Waals surface area (Å²) in [6, 6.07) is 8.67. The van der Waals surface area contributed by atoms with Crippen molar-refractivity contribution in [2.75, 3.05) is 26.7 Å². The minimum absolute atomic E-state index is 0.124. The molecule has 1 aromatic carbocycles. The van der Waals surface area contributed by atoms with Crippen LogP contribution < -0.4 is 15.4 Å². The summed E-state index contributed by atoms with van der Waals surface area (Å²) in [5.74, 6) is 3.32. The summed E-state index contributed by atoms with van der Waals surface area (Å²) in [5.41, 5.74) is 1.50. The van der Waals surface area contributed by atoms with Crippen molar-refractivity contribution in [1.29, 1.82) is 0 Å². The van der Waals surface area contributed by atoms with E-state index in [4.69, 9.17) is 4.74 Å². The van der Waals surface area contributed by atoms with Crippen LogP contribution in [0.1, 0.15) is 44.1 Å². The first-order valence-electron chi connectivity index (χ1n) is 10.2. The number of rotatable bonds is 5. The first kappa shape index (κ1) is 16.6. The second kappa shape index (κ2) is 5.98. The van der Waals surface area contributed by atoms with Crippen LogP contribution in [0.25, 0.3) is 0 Å². The molecule has 1 aromatic rings. The van der Waals surface area contributed by atoms with E-state index in [0.29, 0.717) is 11.8 Å². The van der Waals surface area contributed by atoms with Crippen LogP contribution in [0.5, 0.6) is 5.75 Å². The number of ether oxygens (including phenoxy) is 1. The normalized spacial score (nSPS) is 38.0. The van der Waals surface area contributed by atoms with Gasteiger partial charge in [-0.1, -0.05) is 12.1 Å². The predicted molar refractivity (Wildman–Crippen MR) is 101 cm³/mol. The van der Waals surface area contributed by atoms with Gasteiger partial charge in [0.1, 0.15) is 5.75 Å². The number of benzene rings is 1. The molecule has 4 saturated carbocycles. The number of nitrogens with one attached hydrogen (secondary N) is 2. The van der Waals surface area contributed by atoms with Crippen molar-refractivity contribution in [3.8, 4) is 5.75 Å². The van der Waals surface area contributed by atoms with Gasteiger partial charge in [-0.3, -0.25) is 4.79 Å². The van der Waals surface area contributed by atoms with Crippen LogP contribution in [0, 0.1) is 23.2 Å². The number of amides is 1. The summed E-state index contributed by atoms with van der Waals surface area (Å²) < 4.78 is 5.35. The molecule has 0 radical (unpaired) electrons. The number of methoxy groups -OCH3 is 1. The molecule has 1 amide bonds. The van der Waals surface area contributed by atoms with Crippen molar-refractivity contribution in [3.05, 3.63) is 29.8 Å². The lowest BCUT2D eigenvalue weighted by molar-refractivity contribution is -0.149. The largest absolute Gasteiger partial charge is 0.497 e. The summed E-state index contributed by atoms with van der Waals surface area (Å²) in [6.45, 7) is 2.95. The topological polar surface area (TPSA) is 50.4 Å². The monoisotopic (exact) mass is 354 g/mol. The Labute approximate surface area is 156 Å². The highest BCUT2D eigenvalue weighted by Gasteiger charge is 2.60. The molecule has 4 aliphatic carbocycles. The van der Waals surface area contributed by atoms with Crippen molar-refractivity contribution >= 4 is 5.91 Å². The fourth-order valence-electron chi connectivity index (χ4n) is 6.73. The third-order valence-corrected chi connectivity index (χ3v) is 7.66. The van der Waals surface area contributed by atoms with Crippen molar-refractivity contribution in [2.45, 2.75) is 43.9 Å². The van der Waals surface area contributed by atoms with Crippen molar-refractivity contribution < 1.29 is 9.53 Å².